The first-order valence-electron chi connectivity index (χ1n) is 11.3. The van der Waals surface area contributed by atoms with Crippen LogP contribution in [0, 0.1) is 18.6 Å². The Morgan fingerprint density at radius 3 is 2.74 bits per heavy atom. The van der Waals surface area contributed by atoms with Crippen LogP contribution in [0.5, 0.6) is 5.75 Å². The normalized spacial score (nSPS) is 21.4. The number of ether oxygens (including phenoxy) is 2. The lowest BCUT2D eigenvalue weighted by Crippen LogP contribution is -2.52. The van der Waals surface area contributed by atoms with E-state index in [0.717, 1.165) is 35.9 Å². The molecule has 2 aliphatic rings. The van der Waals surface area contributed by atoms with E-state index in [2.05, 4.69) is 4.98 Å². The van der Waals surface area contributed by atoms with Crippen molar-refractivity contribution in [3.63, 3.8) is 0 Å². The van der Waals surface area contributed by atoms with Gasteiger partial charge in [0, 0.05) is 6.20 Å². The summed E-state index contributed by atoms with van der Waals surface area (Å²) in [6, 6.07) is 9.05. The third-order valence-electron chi connectivity index (χ3n) is 6.44. The molecule has 0 aliphatic carbocycles. The summed E-state index contributed by atoms with van der Waals surface area (Å²) < 4.78 is 40.7. The zero-order chi connectivity index (χ0) is 23.8. The van der Waals surface area contributed by atoms with Crippen molar-refractivity contribution >= 4 is 12.0 Å². The maximum atomic E-state index is 13.9. The first kappa shape index (κ1) is 22.1. The average molecular weight is 466 g/mol. The summed E-state index contributed by atoms with van der Waals surface area (Å²) in [6.07, 6.45) is 7.69. The van der Waals surface area contributed by atoms with E-state index in [-0.39, 0.29) is 23.8 Å². The molecule has 34 heavy (non-hydrogen) atoms. The molecule has 2 saturated heterocycles. The van der Waals surface area contributed by atoms with E-state index in [9.17, 15) is 13.6 Å². The molecule has 2 fully saturated rings. The molecule has 1 amide bonds. The van der Waals surface area contributed by atoms with Gasteiger partial charge in [0.1, 0.15) is 12.4 Å². The highest BCUT2D eigenvalue weighted by atomic mass is 19.2. The summed E-state index contributed by atoms with van der Waals surface area (Å²) in [7, 11) is 1.59. The number of carbonyl (C=O) groups excluding carboxylic acids is 1. The number of nitrogens with zero attached hydrogens (tertiary/aromatic N) is 3. The fourth-order valence-corrected chi connectivity index (χ4v) is 4.78. The highest BCUT2D eigenvalue weighted by molar-refractivity contribution is 5.97. The molecule has 5 rings (SSSR count). The number of rotatable bonds is 4. The van der Waals surface area contributed by atoms with Gasteiger partial charge in [-0.1, -0.05) is 12.1 Å². The van der Waals surface area contributed by atoms with Crippen molar-refractivity contribution in [1.29, 1.82) is 0 Å². The number of amides is 1. The summed E-state index contributed by atoms with van der Waals surface area (Å²) in [5.74, 6) is -1.20. The first-order chi connectivity index (χ1) is 16.4. The number of imidazole rings is 1. The second-order valence-electron chi connectivity index (χ2n) is 8.66. The van der Waals surface area contributed by atoms with Gasteiger partial charge >= 0.3 is 0 Å². The van der Waals surface area contributed by atoms with Crippen LogP contribution < -0.4 is 4.74 Å². The van der Waals surface area contributed by atoms with E-state index in [4.69, 9.17) is 9.47 Å². The zero-order valence-electron chi connectivity index (χ0n) is 19.0. The average Bonchev–Trinajstić information content (AvgIpc) is 3.28. The number of morpholine rings is 1. The van der Waals surface area contributed by atoms with Gasteiger partial charge in [-0.25, -0.2) is 13.8 Å². The number of aryl methyl sites for hydroxylation is 1. The molecule has 3 aromatic rings. The Morgan fingerprint density at radius 1 is 1.15 bits per heavy atom. The van der Waals surface area contributed by atoms with Crippen molar-refractivity contribution in [2.24, 2.45) is 0 Å². The molecule has 0 spiro atoms. The molecule has 3 heterocycles. The van der Waals surface area contributed by atoms with Crippen molar-refractivity contribution in [1.82, 2.24) is 14.5 Å². The monoisotopic (exact) mass is 465 g/mol. The van der Waals surface area contributed by atoms with Gasteiger partial charge in [-0.2, -0.15) is 0 Å². The van der Waals surface area contributed by atoms with Crippen LogP contribution in [0.15, 0.2) is 54.7 Å². The van der Waals surface area contributed by atoms with Gasteiger partial charge in [-0.05, 0) is 67.7 Å². The molecule has 0 saturated carbocycles. The molecule has 8 heteroatoms. The minimum absolute atomic E-state index is 0.0992. The number of fused-ring (bicyclic) bond motifs is 1. The number of hydrogen-bond acceptors (Lipinski definition) is 4. The lowest BCUT2D eigenvalue weighted by Gasteiger charge is -2.45. The van der Waals surface area contributed by atoms with Crippen molar-refractivity contribution < 1.29 is 23.0 Å². The van der Waals surface area contributed by atoms with Crippen LogP contribution >= 0.6 is 0 Å². The van der Waals surface area contributed by atoms with Gasteiger partial charge in [0.05, 0.1) is 36.9 Å². The summed E-state index contributed by atoms with van der Waals surface area (Å²) >= 11 is 0. The number of benzene rings is 2. The van der Waals surface area contributed by atoms with E-state index in [1.54, 1.807) is 30.5 Å². The second kappa shape index (κ2) is 8.93. The van der Waals surface area contributed by atoms with E-state index < -0.39 is 11.6 Å². The maximum Gasteiger partial charge on any atom is 0.289 e. The van der Waals surface area contributed by atoms with Crippen LogP contribution in [0.2, 0.25) is 0 Å². The molecule has 2 atom stereocenters. The van der Waals surface area contributed by atoms with Gasteiger partial charge < -0.3 is 18.9 Å². The summed E-state index contributed by atoms with van der Waals surface area (Å²) in [6.45, 7) is 2.27. The molecule has 1 aromatic heterocycles. The van der Waals surface area contributed by atoms with E-state index in [0.29, 0.717) is 24.3 Å². The Hall–Kier alpha value is -3.68. The molecule has 176 valence electrons. The van der Waals surface area contributed by atoms with Gasteiger partial charge in [0.25, 0.3) is 5.91 Å². The third-order valence-corrected chi connectivity index (χ3v) is 6.44. The predicted molar refractivity (Wildman–Crippen MR) is 122 cm³/mol. The van der Waals surface area contributed by atoms with Crippen LogP contribution in [0.25, 0.3) is 11.8 Å². The zero-order valence-corrected chi connectivity index (χ0v) is 19.0. The topological polar surface area (TPSA) is 56.6 Å². The second-order valence-corrected chi connectivity index (χ2v) is 8.66. The summed E-state index contributed by atoms with van der Waals surface area (Å²) in [5, 5.41) is 0. The largest absolute Gasteiger partial charge is 0.495 e. The Labute approximate surface area is 196 Å². The van der Waals surface area contributed by atoms with Gasteiger partial charge in [0.15, 0.2) is 17.4 Å². The fraction of sp³-hybridized carbons (Fsp3) is 0.308. The van der Waals surface area contributed by atoms with Crippen LogP contribution in [0.1, 0.15) is 42.1 Å². The number of carbonyl (C=O) groups is 1. The molecule has 2 aliphatic heterocycles. The molecule has 2 aromatic carbocycles. The lowest BCUT2D eigenvalue weighted by molar-refractivity contribution is -0.146. The number of halogens is 2. The van der Waals surface area contributed by atoms with Crippen LogP contribution in [-0.2, 0) is 9.53 Å². The van der Waals surface area contributed by atoms with Crippen LogP contribution in [-0.4, -0.2) is 40.1 Å². The third kappa shape index (κ3) is 4.04. The standard InChI is InChI=1S/C26H25F2N3O3/c1-16-13-30(15-29-16)23-9-6-17(10-24(23)33-2)11-25-26(32)31-19(14-34-25)4-3-5-22(31)18-7-8-20(27)21(28)12-18/h6-13,15,19,22H,3-5,14H2,1-2H3/t19-,22+/m1/s1. The minimum Gasteiger partial charge on any atom is -0.495 e. The van der Waals surface area contributed by atoms with Crippen LogP contribution in [0.4, 0.5) is 8.78 Å². The van der Waals surface area contributed by atoms with E-state index in [1.807, 2.05) is 35.9 Å². The van der Waals surface area contributed by atoms with E-state index >= 15 is 0 Å². The number of hydrogen-bond donors (Lipinski definition) is 0. The minimum atomic E-state index is -0.906. The molecule has 0 radical (unpaired) electrons. The Balaban J connectivity index is 1.45. The molecular formula is C26H25F2N3O3. The number of aromatic nitrogens is 2. The predicted octanol–water partition coefficient (Wildman–Crippen LogP) is 4.96. The van der Waals surface area contributed by atoms with Crippen LogP contribution in [0.3, 0.4) is 0 Å². The van der Waals surface area contributed by atoms with Crippen molar-refractivity contribution in [2.75, 3.05) is 13.7 Å². The Bertz CT molecular complexity index is 1270. The quantitative estimate of drug-likeness (QED) is 0.511. The maximum absolute atomic E-state index is 13.9. The highest BCUT2D eigenvalue weighted by Gasteiger charge is 2.40. The summed E-state index contributed by atoms with van der Waals surface area (Å²) in [5.41, 5.74) is 3.07. The summed E-state index contributed by atoms with van der Waals surface area (Å²) in [4.78, 5) is 19.5. The SMILES string of the molecule is COc1cc(C=C2OC[C@H]3CCC[C@@H](c4ccc(F)c(F)c4)N3C2=O)ccc1-n1cnc(C)c1. The smallest absolute Gasteiger partial charge is 0.289 e. The van der Waals surface area contributed by atoms with Gasteiger partial charge in [-0.3, -0.25) is 4.79 Å². The van der Waals surface area contributed by atoms with Gasteiger partial charge in [-0.15, -0.1) is 0 Å². The fourth-order valence-electron chi connectivity index (χ4n) is 4.78. The molecule has 0 unspecified atom stereocenters. The van der Waals surface area contributed by atoms with Crippen molar-refractivity contribution in [3.05, 3.63) is 83.1 Å². The lowest BCUT2D eigenvalue weighted by atomic mass is 9.89. The Kier molecular flexibility index (Phi) is 5.81. The number of piperidine rings is 1. The molecular weight excluding hydrogens is 440 g/mol. The highest BCUT2D eigenvalue weighted by Crippen LogP contribution is 2.39. The molecule has 6 nitrogen and oxygen atoms in total. The molecule has 0 N–H and O–H groups in total. The van der Waals surface area contributed by atoms with E-state index in [1.165, 1.54) is 6.07 Å². The number of methoxy groups -OCH3 is 1. The van der Waals surface area contributed by atoms with Gasteiger partial charge in [0.2, 0.25) is 0 Å². The first-order valence-corrected chi connectivity index (χ1v) is 11.3. The van der Waals surface area contributed by atoms with Crippen molar-refractivity contribution in [3.8, 4) is 11.4 Å². The molecule has 0 bridgehead atoms. The Morgan fingerprint density at radius 2 is 2.00 bits per heavy atom. The van der Waals surface area contributed by atoms with Crippen molar-refractivity contribution in [2.45, 2.75) is 38.3 Å².